The van der Waals surface area contributed by atoms with Crippen molar-refractivity contribution in [3.8, 4) is 0 Å². The molecule has 47 heavy (non-hydrogen) atoms. The molecule has 0 amide bonds. The van der Waals surface area contributed by atoms with E-state index in [-0.39, 0.29) is 12.1 Å². The van der Waals surface area contributed by atoms with Gasteiger partial charge in [-0.1, -0.05) is 73.3 Å². The highest BCUT2D eigenvalue weighted by Crippen LogP contribution is 2.19. The van der Waals surface area contributed by atoms with Crippen LogP contribution in [-0.4, -0.2) is 49.9 Å². The Morgan fingerprint density at radius 2 is 1.26 bits per heavy atom. The first kappa shape index (κ1) is 44.3. The average Bonchev–Trinajstić information content (AvgIpc) is 2.97. The van der Waals surface area contributed by atoms with Gasteiger partial charge in [0, 0.05) is 18.7 Å². The number of ether oxygens (including phenoxy) is 1. The van der Waals surface area contributed by atoms with E-state index in [1.165, 1.54) is 22.3 Å². The lowest BCUT2D eigenvalue weighted by molar-refractivity contribution is -0.150. The summed E-state index contributed by atoms with van der Waals surface area (Å²) in [6.45, 7) is 23.0. The van der Waals surface area contributed by atoms with Gasteiger partial charge in [-0.05, 0) is 157 Å². The first-order valence-corrected chi connectivity index (χ1v) is 18.4. The zero-order valence-electron chi connectivity index (χ0n) is 32.0. The van der Waals surface area contributed by atoms with Crippen molar-refractivity contribution >= 4 is 11.7 Å². The van der Waals surface area contributed by atoms with Crippen molar-refractivity contribution in [2.75, 3.05) is 27.2 Å². The van der Waals surface area contributed by atoms with Gasteiger partial charge in [-0.3, -0.25) is 4.79 Å². The normalized spacial score (nSPS) is 12.4. The average molecular weight is 652 g/mol. The summed E-state index contributed by atoms with van der Waals surface area (Å²) in [5, 5.41) is 11.9. The fourth-order valence-corrected chi connectivity index (χ4v) is 5.36. The third-order valence-electron chi connectivity index (χ3n) is 8.22. The monoisotopic (exact) mass is 652 g/mol. The SMILES string of the molecule is C=C(/C=C(\C)CCC=C(C)C)NCCCCCCC(CCCCCCC(=C)C(=N)/C=C(\C)CCC=C(C)C)OC(=O)CCCN(C)C. The molecule has 0 rings (SSSR count). The van der Waals surface area contributed by atoms with E-state index < -0.39 is 0 Å². The Labute approximate surface area is 291 Å². The van der Waals surface area contributed by atoms with E-state index in [9.17, 15) is 4.79 Å². The number of allylic oxidation sites excluding steroid dienone is 9. The smallest absolute Gasteiger partial charge is 0.306 e. The maximum Gasteiger partial charge on any atom is 0.306 e. The van der Waals surface area contributed by atoms with Crippen molar-refractivity contribution < 1.29 is 9.53 Å². The molecule has 0 aliphatic carbocycles. The number of carbonyl (C=O) groups is 1. The Balaban J connectivity index is 4.48. The molecule has 0 aromatic heterocycles. The highest BCUT2D eigenvalue weighted by molar-refractivity contribution is 6.06. The predicted molar refractivity (Wildman–Crippen MR) is 207 cm³/mol. The second-order valence-corrected chi connectivity index (χ2v) is 14.3. The number of nitrogens with zero attached hydrogens (tertiary/aromatic N) is 1. The maximum absolute atomic E-state index is 12.6. The summed E-state index contributed by atoms with van der Waals surface area (Å²) in [6, 6.07) is 0. The Bertz CT molecular complexity index is 1040. The quantitative estimate of drug-likeness (QED) is 0.0278. The molecule has 5 heteroatoms. The summed E-state index contributed by atoms with van der Waals surface area (Å²) < 4.78 is 5.98. The van der Waals surface area contributed by atoms with Gasteiger partial charge in [0.2, 0.25) is 0 Å². The van der Waals surface area contributed by atoms with Gasteiger partial charge in [0.25, 0.3) is 0 Å². The number of unbranched alkanes of at least 4 members (excludes halogenated alkanes) is 6. The van der Waals surface area contributed by atoms with Gasteiger partial charge < -0.3 is 20.4 Å². The van der Waals surface area contributed by atoms with E-state index >= 15 is 0 Å². The Morgan fingerprint density at radius 3 is 1.81 bits per heavy atom. The molecule has 0 aliphatic heterocycles. The lowest BCUT2D eigenvalue weighted by Gasteiger charge is -2.18. The van der Waals surface area contributed by atoms with Crippen LogP contribution in [0.5, 0.6) is 0 Å². The van der Waals surface area contributed by atoms with E-state index in [1.54, 1.807) is 0 Å². The molecule has 5 nitrogen and oxygen atoms in total. The van der Waals surface area contributed by atoms with E-state index in [0.29, 0.717) is 12.1 Å². The van der Waals surface area contributed by atoms with Crippen LogP contribution < -0.4 is 5.32 Å². The molecule has 0 aromatic carbocycles. The summed E-state index contributed by atoms with van der Waals surface area (Å²) in [5.41, 5.74) is 7.81. The zero-order valence-corrected chi connectivity index (χ0v) is 32.0. The van der Waals surface area contributed by atoms with Crippen molar-refractivity contribution in [2.45, 2.75) is 157 Å². The predicted octanol–water partition coefficient (Wildman–Crippen LogP) is 11.6. The minimum atomic E-state index is -0.0530. The second kappa shape index (κ2) is 28.4. The van der Waals surface area contributed by atoms with Gasteiger partial charge in [0.15, 0.2) is 0 Å². The highest BCUT2D eigenvalue weighted by Gasteiger charge is 2.14. The van der Waals surface area contributed by atoms with Crippen LogP contribution in [-0.2, 0) is 9.53 Å². The van der Waals surface area contributed by atoms with E-state index in [0.717, 1.165) is 127 Å². The topological polar surface area (TPSA) is 65.4 Å². The van der Waals surface area contributed by atoms with Crippen molar-refractivity contribution in [3.05, 3.63) is 71.0 Å². The molecule has 0 spiro atoms. The van der Waals surface area contributed by atoms with Gasteiger partial charge in [-0.15, -0.1) is 0 Å². The fourth-order valence-electron chi connectivity index (χ4n) is 5.36. The molecule has 0 aromatic rings. The van der Waals surface area contributed by atoms with E-state index in [2.05, 4.69) is 83.1 Å². The molecular formula is C42H73N3O2. The van der Waals surface area contributed by atoms with Crippen molar-refractivity contribution in [1.29, 1.82) is 5.41 Å². The third-order valence-corrected chi connectivity index (χ3v) is 8.22. The molecule has 0 saturated carbocycles. The van der Waals surface area contributed by atoms with E-state index in [4.69, 9.17) is 10.1 Å². The summed E-state index contributed by atoms with van der Waals surface area (Å²) in [4.78, 5) is 14.7. The first-order valence-electron chi connectivity index (χ1n) is 18.4. The summed E-state index contributed by atoms with van der Waals surface area (Å²) in [7, 11) is 4.07. The number of hydrogen-bond acceptors (Lipinski definition) is 5. The number of hydrogen-bond donors (Lipinski definition) is 2. The maximum atomic E-state index is 12.6. The van der Waals surface area contributed by atoms with Crippen LogP contribution in [0.15, 0.2) is 71.0 Å². The number of rotatable bonds is 29. The van der Waals surface area contributed by atoms with Crippen molar-refractivity contribution in [1.82, 2.24) is 10.2 Å². The molecule has 0 aliphatic rings. The van der Waals surface area contributed by atoms with Crippen LogP contribution >= 0.6 is 0 Å². The minimum absolute atomic E-state index is 0.0156. The van der Waals surface area contributed by atoms with Crippen LogP contribution in [0.1, 0.15) is 151 Å². The fraction of sp³-hybridized carbons (Fsp3) is 0.667. The molecule has 1 atom stereocenters. The molecule has 2 N–H and O–H groups in total. The molecule has 1 unspecified atom stereocenters. The van der Waals surface area contributed by atoms with Gasteiger partial charge in [-0.25, -0.2) is 0 Å². The molecule has 0 fully saturated rings. The zero-order chi connectivity index (χ0) is 35.5. The summed E-state index contributed by atoms with van der Waals surface area (Å²) in [5.74, 6) is -0.0530. The Kier molecular flexibility index (Phi) is 26.8. The van der Waals surface area contributed by atoms with Crippen molar-refractivity contribution in [3.63, 3.8) is 0 Å². The standard InChI is InChI=1S/C42H73N3O2/c1-34(2)22-19-24-36(5)32-39(8)44-30-18-14-13-17-28-40(47-42(46)29-21-31-45(9)10)27-16-12-11-15-26-38(7)41(43)33-37(6)25-20-23-35(3)4/h22-23,32-33,40,43-44H,7-8,11-21,24-31H2,1-6,9-10H3/b36-32+,37-33+,43-41?. The third kappa shape index (κ3) is 29.2. The van der Waals surface area contributed by atoms with Gasteiger partial charge in [-0.2, -0.15) is 0 Å². The number of nitrogens with one attached hydrogen (secondary N) is 2. The largest absolute Gasteiger partial charge is 0.462 e. The lowest BCUT2D eigenvalue weighted by atomic mass is 9.99. The number of esters is 1. The van der Waals surface area contributed by atoms with Crippen LogP contribution in [0.25, 0.3) is 0 Å². The highest BCUT2D eigenvalue weighted by atomic mass is 16.5. The molecule has 0 heterocycles. The lowest BCUT2D eigenvalue weighted by Crippen LogP contribution is -2.20. The molecular weight excluding hydrogens is 578 g/mol. The Morgan fingerprint density at radius 1 is 0.723 bits per heavy atom. The summed E-state index contributed by atoms with van der Waals surface area (Å²) in [6.07, 6.45) is 25.8. The Hall–Kier alpha value is -2.66. The summed E-state index contributed by atoms with van der Waals surface area (Å²) >= 11 is 0. The minimum Gasteiger partial charge on any atom is -0.462 e. The molecule has 0 radical (unpaired) electrons. The second-order valence-electron chi connectivity index (χ2n) is 14.3. The van der Waals surface area contributed by atoms with Crippen LogP contribution in [0.2, 0.25) is 0 Å². The van der Waals surface area contributed by atoms with Crippen molar-refractivity contribution in [2.24, 2.45) is 0 Å². The molecule has 0 saturated heterocycles. The van der Waals surface area contributed by atoms with Gasteiger partial charge in [0.05, 0.1) is 5.71 Å². The number of carbonyl (C=O) groups excluding carboxylic acids is 1. The van der Waals surface area contributed by atoms with Crippen LogP contribution in [0.3, 0.4) is 0 Å². The van der Waals surface area contributed by atoms with Gasteiger partial charge >= 0.3 is 5.97 Å². The van der Waals surface area contributed by atoms with Gasteiger partial charge in [0.1, 0.15) is 6.10 Å². The molecule has 0 bridgehead atoms. The van der Waals surface area contributed by atoms with E-state index in [1.807, 2.05) is 20.2 Å². The van der Waals surface area contributed by atoms with Crippen LogP contribution in [0, 0.1) is 5.41 Å². The molecule has 268 valence electrons. The first-order chi connectivity index (χ1) is 22.3. The van der Waals surface area contributed by atoms with Crippen LogP contribution in [0.4, 0.5) is 0 Å².